The molecule has 0 fully saturated rings. The SMILES string of the molecule is CNc1ccc(S(=O)(=O)c2cc(-c3cn(C)cn3)cc(S(C)(=O)=O)c2)s1.Cl.Cl. The van der Waals surface area contributed by atoms with Gasteiger partial charge in [-0.25, -0.2) is 21.8 Å². The quantitative estimate of drug-likeness (QED) is 0.597. The van der Waals surface area contributed by atoms with Crippen molar-refractivity contribution in [2.75, 3.05) is 18.6 Å². The third-order valence-electron chi connectivity index (χ3n) is 3.71. The number of halogens is 2. The fourth-order valence-corrected chi connectivity index (χ4v) is 5.75. The fourth-order valence-electron chi connectivity index (χ4n) is 2.37. The monoisotopic (exact) mass is 483 g/mol. The first-order valence-electron chi connectivity index (χ1n) is 7.47. The molecule has 3 aromatic rings. The Morgan fingerprint density at radius 1 is 1.04 bits per heavy atom. The molecule has 28 heavy (non-hydrogen) atoms. The Balaban J connectivity index is 0.00000196. The number of nitrogens with zero attached hydrogens (tertiary/aromatic N) is 2. The van der Waals surface area contributed by atoms with E-state index in [1.807, 2.05) is 0 Å². The number of imidazole rings is 1. The maximum absolute atomic E-state index is 13.0. The van der Waals surface area contributed by atoms with Crippen molar-refractivity contribution >= 4 is 60.8 Å². The van der Waals surface area contributed by atoms with Gasteiger partial charge < -0.3 is 9.88 Å². The second kappa shape index (κ2) is 8.83. The molecule has 0 bridgehead atoms. The van der Waals surface area contributed by atoms with Crippen LogP contribution in [0, 0.1) is 0 Å². The molecular weight excluding hydrogens is 465 g/mol. The van der Waals surface area contributed by atoms with Crippen molar-refractivity contribution in [3.8, 4) is 11.3 Å². The van der Waals surface area contributed by atoms with Gasteiger partial charge in [-0.05, 0) is 30.3 Å². The van der Waals surface area contributed by atoms with E-state index in [9.17, 15) is 16.8 Å². The van der Waals surface area contributed by atoms with Crippen LogP contribution in [0.15, 0.2) is 56.9 Å². The number of aryl methyl sites for hydroxylation is 1. The molecule has 1 N–H and O–H groups in total. The summed E-state index contributed by atoms with van der Waals surface area (Å²) in [4.78, 5) is 4.05. The molecule has 2 heterocycles. The number of hydrogen-bond acceptors (Lipinski definition) is 7. The van der Waals surface area contributed by atoms with Crippen LogP contribution in [0.5, 0.6) is 0 Å². The van der Waals surface area contributed by atoms with Gasteiger partial charge in [0, 0.05) is 32.1 Å². The average Bonchev–Trinajstić information content (AvgIpc) is 3.22. The lowest BCUT2D eigenvalue weighted by molar-refractivity contribution is 0.597. The van der Waals surface area contributed by atoms with Crippen molar-refractivity contribution in [1.29, 1.82) is 0 Å². The zero-order chi connectivity index (χ0) is 19.1. The molecule has 0 saturated carbocycles. The second-order valence-electron chi connectivity index (χ2n) is 5.76. The van der Waals surface area contributed by atoms with E-state index < -0.39 is 19.7 Å². The Bertz CT molecular complexity index is 1190. The van der Waals surface area contributed by atoms with Gasteiger partial charge in [0.25, 0.3) is 0 Å². The van der Waals surface area contributed by atoms with E-state index >= 15 is 0 Å². The minimum absolute atomic E-state index is 0. The van der Waals surface area contributed by atoms with Gasteiger partial charge in [-0.15, -0.1) is 36.2 Å². The number of anilines is 1. The van der Waals surface area contributed by atoms with Crippen LogP contribution in [0.1, 0.15) is 0 Å². The first-order valence-corrected chi connectivity index (χ1v) is 11.7. The lowest BCUT2D eigenvalue weighted by atomic mass is 10.2. The molecule has 2 aromatic heterocycles. The molecule has 0 unspecified atom stereocenters. The van der Waals surface area contributed by atoms with Gasteiger partial charge in [-0.3, -0.25) is 0 Å². The molecule has 0 amide bonds. The maximum Gasteiger partial charge on any atom is 0.216 e. The smallest absolute Gasteiger partial charge is 0.216 e. The average molecular weight is 484 g/mol. The highest BCUT2D eigenvalue weighted by Crippen LogP contribution is 2.33. The second-order valence-corrected chi connectivity index (χ2v) is 11.0. The van der Waals surface area contributed by atoms with Crippen LogP contribution in [0.4, 0.5) is 5.00 Å². The third-order valence-corrected chi connectivity index (χ3v) is 8.13. The van der Waals surface area contributed by atoms with Crippen LogP contribution < -0.4 is 5.32 Å². The van der Waals surface area contributed by atoms with Gasteiger partial charge in [-0.2, -0.15) is 0 Å². The minimum Gasteiger partial charge on any atom is -0.380 e. The fraction of sp³-hybridized carbons (Fsp3) is 0.188. The summed E-state index contributed by atoms with van der Waals surface area (Å²) in [5.74, 6) is 0. The number of benzene rings is 1. The molecule has 0 atom stereocenters. The number of nitrogens with one attached hydrogen (secondary N) is 1. The van der Waals surface area contributed by atoms with E-state index in [1.165, 1.54) is 24.3 Å². The van der Waals surface area contributed by atoms with Crippen LogP contribution in [0.3, 0.4) is 0 Å². The van der Waals surface area contributed by atoms with Crippen molar-refractivity contribution in [2.24, 2.45) is 7.05 Å². The van der Waals surface area contributed by atoms with E-state index in [-0.39, 0.29) is 38.8 Å². The molecule has 12 heteroatoms. The summed E-state index contributed by atoms with van der Waals surface area (Å²) in [5, 5.41) is 3.59. The minimum atomic E-state index is -3.86. The highest BCUT2D eigenvalue weighted by Gasteiger charge is 2.24. The van der Waals surface area contributed by atoms with Crippen LogP contribution in [0.25, 0.3) is 11.3 Å². The lowest BCUT2D eigenvalue weighted by Gasteiger charge is -2.08. The predicted octanol–water partition coefficient (Wildman–Crippen LogP) is 3.27. The Labute approximate surface area is 180 Å². The zero-order valence-corrected chi connectivity index (χ0v) is 19.2. The highest BCUT2D eigenvalue weighted by molar-refractivity contribution is 7.93. The summed E-state index contributed by atoms with van der Waals surface area (Å²) >= 11 is 1.09. The molecular formula is C16H19Cl2N3O4S3. The molecule has 0 spiro atoms. The standard InChI is InChI=1S/C16H17N3O4S3.2ClH/c1-17-15-4-5-16(24-15)26(22,23)13-7-11(14-9-19(2)10-18-14)6-12(8-13)25(3,20)21;;/h4-10,17H,1-3H3;2*1H. The van der Waals surface area contributed by atoms with Gasteiger partial charge in [0.05, 0.1) is 26.8 Å². The Morgan fingerprint density at radius 2 is 1.68 bits per heavy atom. The van der Waals surface area contributed by atoms with Crippen LogP contribution in [-0.4, -0.2) is 39.7 Å². The summed E-state index contributed by atoms with van der Waals surface area (Å²) in [6.07, 6.45) is 4.31. The van der Waals surface area contributed by atoms with E-state index in [1.54, 1.807) is 37.3 Å². The van der Waals surface area contributed by atoms with E-state index in [0.29, 0.717) is 16.3 Å². The molecule has 0 saturated heterocycles. The largest absolute Gasteiger partial charge is 0.380 e. The van der Waals surface area contributed by atoms with Gasteiger partial charge in [0.1, 0.15) is 4.21 Å². The number of rotatable bonds is 5. The molecule has 0 aliphatic heterocycles. The molecule has 0 radical (unpaired) electrons. The summed E-state index contributed by atoms with van der Waals surface area (Å²) in [7, 11) is -3.98. The van der Waals surface area contributed by atoms with Gasteiger partial charge in [0.2, 0.25) is 9.84 Å². The molecule has 154 valence electrons. The Hall–Kier alpha value is -1.59. The summed E-state index contributed by atoms with van der Waals surface area (Å²) < 4.78 is 51.9. The number of aromatic nitrogens is 2. The zero-order valence-electron chi connectivity index (χ0n) is 15.1. The van der Waals surface area contributed by atoms with E-state index in [2.05, 4.69) is 10.3 Å². The van der Waals surface area contributed by atoms with Crippen molar-refractivity contribution in [3.05, 3.63) is 42.9 Å². The summed E-state index contributed by atoms with van der Waals surface area (Å²) in [5.41, 5.74) is 0.925. The maximum atomic E-state index is 13.0. The lowest BCUT2D eigenvalue weighted by Crippen LogP contribution is -2.04. The van der Waals surface area contributed by atoms with Crippen molar-refractivity contribution in [1.82, 2.24) is 9.55 Å². The highest BCUT2D eigenvalue weighted by atomic mass is 35.5. The van der Waals surface area contributed by atoms with Crippen LogP contribution in [-0.2, 0) is 26.7 Å². The first kappa shape index (κ1) is 24.4. The summed E-state index contributed by atoms with van der Waals surface area (Å²) in [6.45, 7) is 0. The molecule has 0 aliphatic carbocycles. The number of thiophene rings is 1. The van der Waals surface area contributed by atoms with Crippen molar-refractivity contribution in [3.63, 3.8) is 0 Å². The van der Waals surface area contributed by atoms with E-state index in [4.69, 9.17) is 0 Å². The third kappa shape index (κ3) is 4.87. The first-order chi connectivity index (χ1) is 12.1. The Morgan fingerprint density at radius 3 is 2.18 bits per heavy atom. The topological polar surface area (TPSA) is 98.1 Å². The summed E-state index contributed by atoms with van der Waals surface area (Å²) in [6, 6.07) is 7.24. The van der Waals surface area contributed by atoms with Gasteiger partial charge in [0.15, 0.2) is 9.84 Å². The van der Waals surface area contributed by atoms with Crippen molar-refractivity contribution < 1.29 is 16.8 Å². The van der Waals surface area contributed by atoms with Crippen LogP contribution in [0.2, 0.25) is 0 Å². The van der Waals surface area contributed by atoms with Crippen molar-refractivity contribution in [2.45, 2.75) is 14.0 Å². The van der Waals surface area contributed by atoms with Gasteiger partial charge >= 0.3 is 0 Å². The molecule has 3 rings (SSSR count). The molecule has 0 aliphatic rings. The number of hydrogen-bond donors (Lipinski definition) is 1. The normalized spacial score (nSPS) is 11.4. The number of sulfone groups is 2. The van der Waals surface area contributed by atoms with Crippen LogP contribution >= 0.6 is 36.2 Å². The van der Waals surface area contributed by atoms with Gasteiger partial charge in [-0.1, -0.05) is 0 Å². The molecule has 1 aromatic carbocycles. The molecule has 7 nitrogen and oxygen atoms in total. The Kier molecular flexibility index (Phi) is 7.71. The van der Waals surface area contributed by atoms with E-state index in [0.717, 1.165) is 17.6 Å². The predicted molar refractivity (Wildman–Crippen MR) is 116 cm³/mol.